The second-order valence-corrected chi connectivity index (χ2v) is 6.82. The van der Waals surface area contributed by atoms with E-state index in [4.69, 9.17) is 4.52 Å². The van der Waals surface area contributed by atoms with Crippen LogP contribution in [0, 0.1) is 0 Å². The first-order chi connectivity index (χ1) is 11.5. The van der Waals surface area contributed by atoms with Gasteiger partial charge in [0.05, 0.1) is 5.56 Å². The molecule has 0 fully saturated rings. The highest BCUT2D eigenvalue weighted by Gasteiger charge is 2.41. The molecule has 0 saturated carbocycles. The number of aromatic nitrogens is 1. The lowest BCUT2D eigenvalue weighted by atomic mass is 9.90. The first kappa shape index (κ1) is 17.0. The molecule has 2 aromatic rings. The number of hydrogen-bond donors (Lipinski definition) is 2. The van der Waals surface area contributed by atoms with E-state index in [0.29, 0.717) is 5.56 Å². The smallest absolute Gasteiger partial charge is 0.258 e. The number of carbonyl (C=O) groups is 1. The van der Waals surface area contributed by atoms with Gasteiger partial charge in [0.25, 0.3) is 12.3 Å². The number of nitrogens with zero attached hydrogens (tertiary/aromatic N) is 1. The van der Waals surface area contributed by atoms with E-state index >= 15 is 0 Å². The van der Waals surface area contributed by atoms with Crippen molar-refractivity contribution in [1.82, 2.24) is 10.5 Å². The summed E-state index contributed by atoms with van der Waals surface area (Å²) >= 11 is 1.49. The summed E-state index contributed by atoms with van der Waals surface area (Å²) in [5, 5.41) is 11.1. The zero-order chi connectivity index (χ0) is 17.3. The van der Waals surface area contributed by atoms with Crippen LogP contribution >= 0.6 is 11.3 Å². The summed E-state index contributed by atoms with van der Waals surface area (Å²) in [6.07, 6.45) is -2.20. The fourth-order valence-electron chi connectivity index (χ4n) is 2.47. The van der Waals surface area contributed by atoms with Gasteiger partial charge in [0.2, 0.25) is 0 Å². The summed E-state index contributed by atoms with van der Waals surface area (Å²) in [7, 11) is 0. The summed E-state index contributed by atoms with van der Waals surface area (Å²) in [6.45, 7) is 1.27. The molecule has 0 saturated heterocycles. The van der Waals surface area contributed by atoms with Crippen LogP contribution in [0.15, 0.2) is 16.0 Å². The number of alkyl halides is 3. The maximum Gasteiger partial charge on any atom is 0.258 e. The van der Waals surface area contributed by atoms with Gasteiger partial charge in [-0.1, -0.05) is 5.16 Å². The number of halogens is 3. The minimum Gasteiger partial charge on any atom is -0.358 e. The maximum atomic E-state index is 13.0. The molecule has 5 nitrogen and oxygen atoms in total. The lowest BCUT2D eigenvalue weighted by Crippen LogP contribution is -2.32. The van der Waals surface area contributed by atoms with E-state index in [-0.39, 0.29) is 17.5 Å². The molecule has 24 heavy (non-hydrogen) atoms. The highest BCUT2D eigenvalue weighted by atomic mass is 32.1. The Morgan fingerprint density at radius 2 is 2.38 bits per heavy atom. The molecule has 1 atom stereocenters. The molecule has 2 N–H and O–H groups in total. The number of thiophene rings is 1. The van der Waals surface area contributed by atoms with Crippen molar-refractivity contribution in [3.05, 3.63) is 33.2 Å². The fraction of sp³-hybridized carbons (Fsp3) is 0.467. The quantitative estimate of drug-likeness (QED) is 0.861. The van der Waals surface area contributed by atoms with E-state index in [1.807, 2.05) is 0 Å². The van der Waals surface area contributed by atoms with E-state index in [2.05, 4.69) is 15.8 Å². The van der Waals surface area contributed by atoms with Crippen LogP contribution in [0.25, 0.3) is 0 Å². The first-order valence-corrected chi connectivity index (χ1v) is 8.26. The van der Waals surface area contributed by atoms with Gasteiger partial charge in [0, 0.05) is 22.9 Å². The molecule has 3 rings (SSSR count). The molecular formula is C15H16F3N3O2S. The average Bonchev–Trinajstić information content (AvgIpc) is 3.20. The molecule has 1 amide bonds. The molecule has 1 unspecified atom stereocenters. The molecule has 1 aliphatic heterocycles. The number of amides is 1. The standard InChI is InChI=1S/C15H16F3N3O2S/c1-15(7-16,14(17)18)11-4-12(21-23-11)20-13(22)9-6-24-10-5-19-3-2-8(9)10/h4,6,14,19H,2-3,5,7H2,1H3,(H,20,21,22). The lowest BCUT2D eigenvalue weighted by molar-refractivity contribution is 0.0281. The van der Waals surface area contributed by atoms with Gasteiger partial charge < -0.3 is 15.2 Å². The number of nitrogens with one attached hydrogen (secondary N) is 2. The van der Waals surface area contributed by atoms with Crippen LogP contribution in [0.5, 0.6) is 0 Å². The van der Waals surface area contributed by atoms with E-state index in [9.17, 15) is 18.0 Å². The Hall–Kier alpha value is -1.87. The van der Waals surface area contributed by atoms with Crippen molar-refractivity contribution in [2.45, 2.75) is 31.7 Å². The SMILES string of the molecule is CC(CF)(c1cc(NC(=O)c2csc3c2CCNC3)no1)C(F)F. The monoisotopic (exact) mass is 359 g/mol. The van der Waals surface area contributed by atoms with Crippen LogP contribution in [0.2, 0.25) is 0 Å². The first-order valence-electron chi connectivity index (χ1n) is 7.38. The topological polar surface area (TPSA) is 67.2 Å². The normalized spacial score (nSPS) is 16.7. The summed E-state index contributed by atoms with van der Waals surface area (Å²) in [6, 6.07) is 1.14. The number of rotatable bonds is 5. The molecule has 0 aliphatic carbocycles. The van der Waals surface area contributed by atoms with Gasteiger partial charge in [-0.3, -0.25) is 4.79 Å². The highest BCUT2D eigenvalue weighted by Crippen LogP contribution is 2.33. The summed E-state index contributed by atoms with van der Waals surface area (Å²) in [5.41, 5.74) is -0.548. The van der Waals surface area contributed by atoms with Crippen molar-refractivity contribution in [1.29, 1.82) is 0 Å². The molecule has 130 valence electrons. The Balaban J connectivity index is 1.78. The van der Waals surface area contributed by atoms with Gasteiger partial charge in [-0.05, 0) is 25.5 Å². The van der Waals surface area contributed by atoms with Gasteiger partial charge in [0.1, 0.15) is 12.1 Å². The zero-order valence-corrected chi connectivity index (χ0v) is 13.7. The minimum absolute atomic E-state index is 0.00999. The zero-order valence-electron chi connectivity index (χ0n) is 12.9. The number of carbonyl (C=O) groups excluding carboxylic acids is 1. The Bertz CT molecular complexity index is 746. The van der Waals surface area contributed by atoms with Crippen molar-refractivity contribution in [2.24, 2.45) is 0 Å². The third-order valence-electron chi connectivity index (χ3n) is 4.14. The van der Waals surface area contributed by atoms with Crippen LogP contribution < -0.4 is 10.6 Å². The minimum atomic E-state index is -2.95. The van der Waals surface area contributed by atoms with Crippen LogP contribution in [0.1, 0.15) is 33.5 Å². The Kier molecular flexibility index (Phi) is 4.64. The van der Waals surface area contributed by atoms with Gasteiger partial charge in [-0.25, -0.2) is 13.2 Å². The van der Waals surface area contributed by atoms with Gasteiger partial charge >= 0.3 is 0 Å². The van der Waals surface area contributed by atoms with Crippen molar-refractivity contribution in [3.8, 4) is 0 Å². The predicted octanol–water partition coefficient (Wildman–Crippen LogP) is 3.13. The molecule has 3 heterocycles. The molecular weight excluding hydrogens is 343 g/mol. The molecule has 0 bridgehead atoms. The number of hydrogen-bond acceptors (Lipinski definition) is 5. The Morgan fingerprint density at radius 1 is 1.58 bits per heavy atom. The second kappa shape index (κ2) is 6.56. The maximum absolute atomic E-state index is 13.0. The summed E-state index contributed by atoms with van der Waals surface area (Å²) < 4.78 is 43.9. The number of anilines is 1. The van der Waals surface area contributed by atoms with E-state index in [1.54, 1.807) is 5.38 Å². The van der Waals surface area contributed by atoms with Crippen LogP contribution in [0.4, 0.5) is 19.0 Å². The predicted molar refractivity (Wildman–Crippen MR) is 83.5 cm³/mol. The Morgan fingerprint density at radius 3 is 3.08 bits per heavy atom. The molecule has 0 spiro atoms. The molecule has 0 radical (unpaired) electrons. The van der Waals surface area contributed by atoms with E-state index in [1.165, 1.54) is 11.3 Å². The van der Waals surface area contributed by atoms with Gasteiger partial charge in [0.15, 0.2) is 11.6 Å². The summed E-state index contributed by atoms with van der Waals surface area (Å²) in [4.78, 5) is 13.5. The van der Waals surface area contributed by atoms with Gasteiger partial charge in [-0.15, -0.1) is 11.3 Å². The van der Waals surface area contributed by atoms with Crippen molar-refractivity contribution in [2.75, 3.05) is 18.5 Å². The lowest BCUT2D eigenvalue weighted by Gasteiger charge is -2.21. The highest BCUT2D eigenvalue weighted by molar-refractivity contribution is 7.10. The van der Waals surface area contributed by atoms with Crippen LogP contribution in [-0.2, 0) is 18.4 Å². The van der Waals surface area contributed by atoms with Crippen molar-refractivity contribution >= 4 is 23.1 Å². The Labute approximate surface area is 140 Å². The van der Waals surface area contributed by atoms with Crippen molar-refractivity contribution < 1.29 is 22.5 Å². The molecule has 9 heteroatoms. The van der Waals surface area contributed by atoms with Gasteiger partial charge in [-0.2, -0.15) is 0 Å². The van der Waals surface area contributed by atoms with Crippen LogP contribution in [-0.4, -0.2) is 30.7 Å². The average molecular weight is 359 g/mol. The van der Waals surface area contributed by atoms with Crippen LogP contribution in [0.3, 0.4) is 0 Å². The third kappa shape index (κ3) is 2.93. The van der Waals surface area contributed by atoms with E-state index in [0.717, 1.165) is 42.9 Å². The largest absolute Gasteiger partial charge is 0.358 e. The second-order valence-electron chi connectivity index (χ2n) is 5.86. The van der Waals surface area contributed by atoms with E-state index < -0.39 is 18.5 Å². The fourth-order valence-corrected chi connectivity index (χ4v) is 3.52. The molecule has 1 aliphatic rings. The summed E-state index contributed by atoms with van der Waals surface area (Å²) in [5.74, 6) is -0.690. The molecule has 0 aromatic carbocycles. The third-order valence-corrected chi connectivity index (χ3v) is 5.17. The van der Waals surface area contributed by atoms with Crippen molar-refractivity contribution in [3.63, 3.8) is 0 Å². The molecule has 2 aromatic heterocycles. The number of fused-ring (bicyclic) bond motifs is 1.